The van der Waals surface area contributed by atoms with Gasteiger partial charge in [0, 0.05) is 17.1 Å². The van der Waals surface area contributed by atoms with Gasteiger partial charge in [-0.1, -0.05) is 34.1 Å². The van der Waals surface area contributed by atoms with E-state index in [1.54, 1.807) is 0 Å². The molecule has 0 bridgehead atoms. The Morgan fingerprint density at radius 3 is 2.82 bits per heavy atom. The van der Waals surface area contributed by atoms with Crippen molar-refractivity contribution in [3.05, 3.63) is 34.3 Å². The van der Waals surface area contributed by atoms with Crippen LogP contribution in [0.15, 0.2) is 28.7 Å². The molecular formula is C12H16BrNO2S. The van der Waals surface area contributed by atoms with E-state index in [0.717, 1.165) is 22.9 Å². The van der Waals surface area contributed by atoms with Crippen LogP contribution in [0.4, 0.5) is 0 Å². The Balaban J connectivity index is 1.93. The molecule has 1 unspecified atom stereocenters. The van der Waals surface area contributed by atoms with Gasteiger partial charge in [0.2, 0.25) is 0 Å². The van der Waals surface area contributed by atoms with Gasteiger partial charge < -0.3 is 5.32 Å². The Labute approximate surface area is 111 Å². The predicted molar refractivity (Wildman–Crippen MR) is 72.7 cm³/mol. The SMILES string of the molecule is O=S1(=O)CCCC(NCc2ccccc2Br)C1. The maximum Gasteiger partial charge on any atom is 0.151 e. The van der Waals surface area contributed by atoms with E-state index in [4.69, 9.17) is 0 Å². The van der Waals surface area contributed by atoms with Gasteiger partial charge in [-0.15, -0.1) is 0 Å². The Morgan fingerprint density at radius 2 is 2.12 bits per heavy atom. The van der Waals surface area contributed by atoms with Crippen LogP contribution in [0.5, 0.6) is 0 Å². The van der Waals surface area contributed by atoms with Gasteiger partial charge in [-0.25, -0.2) is 8.42 Å². The van der Waals surface area contributed by atoms with Crippen LogP contribution in [0.2, 0.25) is 0 Å². The van der Waals surface area contributed by atoms with Crippen molar-refractivity contribution in [2.75, 3.05) is 11.5 Å². The van der Waals surface area contributed by atoms with Crippen LogP contribution in [-0.2, 0) is 16.4 Å². The zero-order valence-electron chi connectivity index (χ0n) is 9.52. The largest absolute Gasteiger partial charge is 0.309 e. The molecule has 1 atom stereocenters. The van der Waals surface area contributed by atoms with Gasteiger partial charge in [0.25, 0.3) is 0 Å². The first-order chi connectivity index (χ1) is 8.07. The van der Waals surface area contributed by atoms with Crippen LogP contribution in [0.1, 0.15) is 18.4 Å². The van der Waals surface area contributed by atoms with Crippen LogP contribution in [-0.4, -0.2) is 26.0 Å². The Kier molecular flexibility index (Phi) is 4.22. The first-order valence-electron chi connectivity index (χ1n) is 5.74. The minimum absolute atomic E-state index is 0.0980. The summed E-state index contributed by atoms with van der Waals surface area (Å²) in [6, 6.07) is 8.09. The van der Waals surface area contributed by atoms with Crippen molar-refractivity contribution >= 4 is 25.8 Å². The lowest BCUT2D eigenvalue weighted by Gasteiger charge is -2.23. The third-order valence-corrected chi connectivity index (χ3v) is 5.60. The van der Waals surface area contributed by atoms with E-state index in [0.29, 0.717) is 12.3 Å². The summed E-state index contributed by atoms with van der Waals surface area (Å²) in [5, 5.41) is 3.33. The summed E-state index contributed by atoms with van der Waals surface area (Å²) in [4.78, 5) is 0. The standard InChI is InChI=1S/C12H16BrNO2S/c13-12-6-2-1-4-10(12)8-14-11-5-3-7-17(15,16)9-11/h1-2,4,6,11,14H,3,5,7-9H2. The molecule has 94 valence electrons. The molecule has 3 nitrogen and oxygen atoms in total. The normalized spacial score (nSPS) is 23.5. The number of nitrogens with one attached hydrogen (secondary N) is 1. The molecule has 0 spiro atoms. The van der Waals surface area contributed by atoms with Gasteiger partial charge in [-0.3, -0.25) is 0 Å². The molecule has 1 aliphatic heterocycles. The fourth-order valence-corrected chi connectivity index (χ4v) is 4.18. The number of benzene rings is 1. The highest BCUT2D eigenvalue weighted by Crippen LogP contribution is 2.17. The quantitative estimate of drug-likeness (QED) is 0.928. The average Bonchev–Trinajstić information content (AvgIpc) is 2.27. The number of rotatable bonds is 3. The van der Waals surface area contributed by atoms with Crippen LogP contribution in [0.25, 0.3) is 0 Å². The second kappa shape index (κ2) is 5.50. The third kappa shape index (κ3) is 3.79. The topological polar surface area (TPSA) is 46.2 Å². The summed E-state index contributed by atoms with van der Waals surface area (Å²) in [7, 11) is -2.82. The molecule has 5 heteroatoms. The Hall–Kier alpha value is -0.390. The van der Waals surface area contributed by atoms with E-state index >= 15 is 0 Å². The van der Waals surface area contributed by atoms with Crippen LogP contribution in [0.3, 0.4) is 0 Å². The van der Waals surface area contributed by atoms with Crippen molar-refractivity contribution in [2.24, 2.45) is 0 Å². The van der Waals surface area contributed by atoms with Gasteiger partial charge in [0.05, 0.1) is 11.5 Å². The highest BCUT2D eigenvalue weighted by molar-refractivity contribution is 9.10. The minimum Gasteiger partial charge on any atom is -0.309 e. The molecule has 1 aliphatic rings. The van der Waals surface area contributed by atoms with Crippen molar-refractivity contribution in [2.45, 2.75) is 25.4 Å². The summed E-state index contributed by atoms with van der Waals surface area (Å²) in [6.07, 6.45) is 1.72. The molecule has 0 amide bonds. The van der Waals surface area contributed by atoms with E-state index in [2.05, 4.69) is 21.2 Å². The molecule has 0 aliphatic carbocycles. The monoisotopic (exact) mass is 317 g/mol. The van der Waals surface area contributed by atoms with E-state index in [-0.39, 0.29) is 11.8 Å². The van der Waals surface area contributed by atoms with Crippen LogP contribution >= 0.6 is 15.9 Å². The minimum atomic E-state index is -2.82. The first-order valence-corrected chi connectivity index (χ1v) is 8.35. The Bertz CT molecular complexity index is 487. The molecular weight excluding hydrogens is 302 g/mol. The lowest BCUT2D eigenvalue weighted by molar-refractivity contribution is 0.480. The summed E-state index contributed by atoms with van der Waals surface area (Å²) < 4.78 is 24.0. The molecule has 1 aromatic rings. The fourth-order valence-electron chi connectivity index (χ4n) is 2.08. The zero-order chi connectivity index (χ0) is 12.3. The smallest absolute Gasteiger partial charge is 0.151 e. The summed E-state index contributed by atoms with van der Waals surface area (Å²) in [5.74, 6) is 0.623. The van der Waals surface area contributed by atoms with Gasteiger partial charge in [-0.2, -0.15) is 0 Å². The van der Waals surface area contributed by atoms with Crippen LogP contribution < -0.4 is 5.32 Å². The number of halogens is 1. The average molecular weight is 318 g/mol. The molecule has 0 aromatic heterocycles. The highest BCUT2D eigenvalue weighted by atomic mass is 79.9. The number of hydrogen-bond acceptors (Lipinski definition) is 3. The summed E-state index contributed by atoms with van der Waals surface area (Å²) in [6.45, 7) is 0.710. The maximum absolute atomic E-state index is 11.5. The van der Waals surface area contributed by atoms with Crippen LogP contribution in [0, 0.1) is 0 Å². The lowest BCUT2D eigenvalue weighted by atomic mass is 10.1. The number of sulfone groups is 1. The summed E-state index contributed by atoms with van der Waals surface area (Å²) in [5.41, 5.74) is 1.16. The van der Waals surface area contributed by atoms with Crippen molar-refractivity contribution in [3.63, 3.8) is 0 Å². The van der Waals surface area contributed by atoms with E-state index in [1.165, 1.54) is 0 Å². The molecule has 1 saturated heterocycles. The third-order valence-electron chi connectivity index (χ3n) is 3.00. The predicted octanol–water partition coefficient (Wildman–Crippen LogP) is 2.12. The molecule has 1 N–H and O–H groups in total. The van der Waals surface area contributed by atoms with Crippen molar-refractivity contribution in [3.8, 4) is 0 Å². The van der Waals surface area contributed by atoms with E-state index < -0.39 is 9.84 Å². The summed E-state index contributed by atoms with van der Waals surface area (Å²) >= 11 is 3.49. The fraction of sp³-hybridized carbons (Fsp3) is 0.500. The maximum atomic E-state index is 11.5. The highest BCUT2D eigenvalue weighted by Gasteiger charge is 2.24. The van der Waals surface area contributed by atoms with Crippen molar-refractivity contribution in [1.82, 2.24) is 5.32 Å². The molecule has 17 heavy (non-hydrogen) atoms. The molecule has 1 fully saturated rings. The second-order valence-electron chi connectivity index (χ2n) is 4.43. The van der Waals surface area contributed by atoms with Gasteiger partial charge in [0.1, 0.15) is 0 Å². The molecule has 1 heterocycles. The Morgan fingerprint density at radius 1 is 1.35 bits per heavy atom. The molecule has 0 saturated carbocycles. The molecule has 2 rings (SSSR count). The molecule has 1 aromatic carbocycles. The number of hydrogen-bond donors (Lipinski definition) is 1. The van der Waals surface area contributed by atoms with Gasteiger partial charge >= 0.3 is 0 Å². The van der Waals surface area contributed by atoms with Gasteiger partial charge in [0.15, 0.2) is 9.84 Å². The lowest BCUT2D eigenvalue weighted by Crippen LogP contribution is -2.39. The second-order valence-corrected chi connectivity index (χ2v) is 7.51. The van der Waals surface area contributed by atoms with E-state index in [9.17, 15) is 8.42 Å². The van der Waals surface area contributed by atoms with Crippen molar-refractivity contribution < 1.29 is 8.42 Å². The van der Waals surface area contributed by atoms with Gasteiger partial charge in [-0.05, 0) is 24.5 Å². The van der Waals surface area contributed by atoms with E-state index in [1.807, 2.05) is 24.3 Å². The zero-order valence-corrected chi connectivity index (χ0v) is 11.9. The first kappa shape index (κ1) is 13.1. The molecule has 0 radical (unpaired) electrons. The van der Waals surface area contributed by atoms with Crippen molar-refractivity contribution in [1.29, 1.82) is 0 Å².